The fraction of sp³-hybridized carbons (Fsp3) is 0.269. The number of allylic oxidation sites excluding steroid dienone is 2. The minimum absolute atomic E-state index is 0.0720. The van der Waals surface area contributed by atoms with E-state index in [0.717, 1.165) is 43.5 Å². The average molecular weight is 434 g/mol. The summed E-state index contributed by atoms with van der Waals surface area (Å²) in [7, 11) is 0. The number of fused-ring (bicyclic) bond motifs is 1. The molecule has 0 fully saturated rings. The van der Waals surface area contributed by atoms with E-state index < -0.39 is 17.2 Å². The molecule has 0 saturated carbocycles. The van der Waals surface area contributed by atoms with Crippen LogP contribution in [-0.4, -0.2) is 15.3 Å². The zero-order valence-electron chi connectivity index (χ0n) is 17.7. The highest BCUT2D eigenvalue weighted by Gasteiger charge is 2.15. The molecule has 2 heterocycles. The van der Waals surface area contributed by atoms with E-state index in [1.807, 2.05) is 12.3 Å². The fourth-order valence-electron chi connectivity index (χ4n) is 4.08. The number of rotatable bonds is 9. The summed E-state index contributed by atoms with van der Waals surface area (Å²) in [4.78, 5) is 29.7. The molecule has 4 rings (SSSR count). The summed E-state index contributed by atoms with van der Waals surface area (Å²) < 4.78 is 27.9. The molecule has 6 heteroatoms. The van der Waals surface area contributed by atoms with Crippen LogP contribution in [0.25, 0.3) is 5.57 Å². The summed E-state index contributed by atoms with van der Waals surface area (Å²) in [5.74, 6) is -2.09. The number of halogens is 2. The molecule has 0 atom stereocenters. The molecule has 0 saturated heterocycles. The third-order valence-corrected chi connectivity index (χ3v) is 5.79. The summed E-state index contributed by atoms with van der Waals surface area (Å²) in [5, 5.41) is 0. The number of benzene rings is 1. The van der Waals surface area contributed by atoms with E-state index in [1.54, 1.807) is 12.3 Å². The van der Waals surface area contributed by atoms with Gasteiger partial charge in [0, 0.05) is 25.2 Å². The number of carbonyl (C=O) groups excluding carboxylic acids is 1. The van der Waals surface area contributed by atoms with E-state index in [9.17, 15) is 18.4 Å². The second kappa shape index (κ2) is 9.81. The van der Waals surface area contributed by atoms with Crippen molar-refractivity contribution >= 4 is 11.4 Å². The number of unbranched alkanes of at least 4 members (excludes halogenated alkanes) is 2. The van der Waals surface area contributed by atoms with Crippen molar-refractivity contribution in [2.75, 3.05) is 0 Å². The molecule has 0 N–H and O–H groups in total. The first kappa shape index (κ1) is 21.8. The number of Topliss-reactive ketones (excluding diaryl/α,β-unsaturated/α-hetero) is 1. The molecule has 0 amide bonds. The molecular formula is C26H24F2N2O2. The summed E-state index contributed by atoms with van der Waals surface area (Å²) in [6, 6.07) is 10.7. The second-order valence-corrected chi connectivity index (χ2v) is 8.02. The Kier molecular flexibility index (Phi) is 6.69. The van der Waals surface area contributed by atoms with Gasteiger partial charge in [-0.2, -0.15) is 0 Å². The molecule has 0 radical (unpaired) electrons. The van der Waals surface area contributed by atoms with Crippen molar-refractivity contribution in [3.05, 3.63) is 105 Å². The van der Waals surface area contributed by atoms with Crippen molar-refractivity contribution in [3.8, 4) is 0 Å². The number of hydrogen-bond acceptors (Lipinski definition) is 3. The van der Waals surface area contributed by atoms with E-state index >= 15 is 0 Å². The topological polar surface area (TPSA) is 52.0 Å². The molecule has 164 valence electrons. The molecule has 32 heavy (non-hydrogen) atoms. The Balaban J connectivity index is 1.29. The number of nitrogens with zero attached hydrogens (tertiary/aromatic N) is 2. The Morgan fingerprint density at radius 1 is 1.03 bits per heavy atom. The maximum Gasteiger partial charge on any atom is 0.261 e. The third kappa shape index (κ3) is 4.90. The monoisotopic (exact) mass is 434 g/mol. The molecule has 0 bridgehead atoms. The lowest BCUT2D eigenvalue weighted by Gasteiger charge is -2.09. The number of pyridine rings is 2. The molecule has 1 aliphatic carbocycles. The first-order valence-electron chi connectivity index (χ1n) is 10.8. The predicted molar refractivity (Wildman–Crippen MR) is 119 cm³/mol. The van der Waals surface area contributed by atoms with Crippen molar-refractivity contribution in [1.82, 2.24) is 9.55 Å². The van der Waals surface area contributed by atoms with E-state index in [-0.39, 0.29) is 17.9 Å². The van der Waals surface area contributed by atoms with Crippen LogP contribution >= 0.6 is 0 Å². The Morgan fingerprint density at radius 2 is 1.91 bits per heavy atom. The maximum atomic E-state index is 13.4. The van der Waals surface area contributed by atoms with Gasteiger partial charge in [0.15, 0.2) is 17.4 Å². The number of ketones is 1. The lowest BCUT2D eigenvalue weighted by molar-refractivity contribution is 0.0977. The molecular weight excluding hydrogens is 410 g/mol. The highest BCUT2D eigenvalue weighted by atomic mass is 19.2. The SMILES string of the molecule is O=C(CCCCCC1=CCc2ncccc21)c1cccn(Cc2ccc(F)c(F)c2)c1=O. The Labute approximate surface area is 185 Å². The van der Waals surface area contributed by atoms with Crippen LogP contribution in [0.5, 0.6) is 0 Å². The quantitative estimate of drug-likeness (QED) is 0.337. The van der Waals surface area contributed by atoms with Gasteiger partial charge >= 0.3 is 0 Å². The maximum absolute atomic E-state index is 13.4. The van der Waals surface area contributed by atoms with Crippen LogP contribution in [0.1, 0.15) is 59.3 Å². The Bertz CT molecular complexity index is 1230. The van der Waals surface area contributed by atoms with Gasteiger partial charge in [-0.25, -0.2) is 8.78 Å². The van der Waals surface area contributed by atoms with E-state index in [2.05, 4.69) is 17.1 Å². The summed E-state index contributed by atoms with van der Waals surface area (Å²) >= 11 is 0. The van der Waals surface area contributed by atoms with Crippen molar-refractivity contribution in [2.45, 2.75) is 45.1 Å². The molecule has 3 aromatic rings. The zero-order chi connectivity index (χ0) is 22.5. The van der Waals surface area contributed by atoms with Crippen molar-refractivity contribution < 1.29 is 13.6 Å². The van der Waals surface area contributed by atoms with Crippen molar-refractivity contribution in [1.29, 1.82) is 0 Å². The standard InChI is InChI=1S/C26H24F2N2O2/c27-22-12-10-18(16-23(22)28)17-30-15-5-8-21(26(30)32)25(31)9-3-1-2-6-19-11-13-24-20(19)7-4-14-29-24/h4-5,7-8,10-12,14-16H,1-3,6,9,13,17H2. The first-order chi connectivity index (χ1) is 15.5. The Morgan fingerprint density at radius 3 is 2.75 bits per heavy atom. The molecule has 0 spiro atoms. The van der Waals surface area contributed by atoms with Gasteiger partial charge in [-0.15, -0.1) is 0 Å². The summed E-state index contributed by atoms with van der Waals surface area (Å²) in [6.45, 7) is 0.0720. The van der Waals surface area contributed by atoms with Crippen LogP contribution in [-0.2, 0) is 13.0 Å². The van der Waals surface area contributed by atoms with Crippen LogP contribution in [0.2, 0.25) is 0 Å². The Hall–Kier alpha value is -3.41. The smallest absolute Gasteiger partial charge is 0.261 e. The van der Waals surface area contributed by atoms with Gasteiger partial charge in [0.05, 0.1) is 17.8 Å². The van der Waals surface area contributed by atoms with E-state index in [0.29, 0.717) is 18.4 Å². The first-order valence-corrected chi connectivity index (χ1v) is 10.8. The highest BCUT2D eigenvalue weighted by molar-refractivity contribution is 5.95. The van der Waals surface area contributed by atoms with Gasteiger partial charge in [0.2, 0.25) is 0 Å². The van der Waals surface area contributed by atoms with Crippen LogP contribution in [0, 0.1) is 11.6 Å². The van der Waals surface area contributed by atoms with Gasteiger partial charge < -0.3 is 4.57 Å². The second-order valence-electron chi connectivity index (χ2n) is 8.02. The van der Waals surface area contributed by atoms with Gasteiger partial charge in [0.1, 0.15) is 0 Å². The minimum Gasteiger partial charge on any atom is -0.310 e. The number of aromatic nitrogens is 2. The minimum atomic E-state index is -0.962. The summed E-state index contributed by atoms with van der Waals surface area (Å²) in [5.41, 5.74) is 3.85. The molecule has 0 aliphatic heterocycles. The molecule has 0 unspecified atom stereocenters. The largest absolute Gasteiger partial charge is 0.310 e. The molecule has 1 aromatic carbocycles. The van der Waals surface area contributed by atoms with Gasteiger partial charge in [-0.3, -0.25) is 14.6 Å². The normalized spacial score (nSPS) is 12.5. The van der Waals surface area contributed by atoms with Crippen LogP contribution in [0.15, 0.2) is 65.7 Å². The van der Waals surface area contributed by atoms with E-state index in [1.165, 1.54) is 27.8 Å². The highest BCUT2D eigenvalue weighted by Crippen LogP contribution is 2.29. The van der Waals surface area contributed by atoms with Gasteiger partial charge in [-0.05, 0) is 66.3 Å². The van der Waals surface area contributed by atoms with Crippen molar-refractivity contribution in [2.24, 2.45) is 0 Å². The van der Waals surface area contributed by atoms with Crippen molar-refractivity contribution in [3.63, 3.8) is 0 Å². The number of hydrogen-bond donors (Lipinski definition) is 0. The zero-order valence-corrected chi connectivity index (χ0v) is 17.7. The average Bonchev–Trinajstić information content (AvgIpc) is 3.20. The van der Waals surface area contributed by atoms with Crippen LogP contribution in [0.3, 0.4) is 0 Å². The molecule has 2 aromatic heterocycles. The van der Waals surface area contributed by atoms with E-state index in [4.69, 9.17) is 0 Å². The van der Waals surface area contributed by atoms with Gasteiger partial charge in [0.25, 0.3) is 5.56 Å². The van der Waals surface area contributed by atoms with Crippen LogP contribution < -0.4 is 5.56 Å². The van der Waals surface area contributed by atoms with Crippen LogP contribution in [0.4, 0.5) is 8.78 Å². The predicted octanol–water partition coefficient (Wildman–Crippen LogP) is 5.34. The fourth-order valence-corrected chi connectivity index (χ4v) is 4.08. The molecule has 4 nitrogen and oxygen atoms in total. The lowest BCUT2D eigenvalue weighted by atomic mass is 10.0. The molecule has 1 aliphatic rings. The van der Waals surface area contributed by atoms with Gasteiger partial charge in [-0.1, -0.05) is 24.6 Å². The summed E-state index contributed by atoms with van der Waals surface area (Å²) in [6.07, 6.45) is 10.3. The lowest BCUT2D eigenvalue weighted by Crippen LogP contribution is -2.26. The number of carbonyl (C=O) groups is 1. The third-order valence-electron chi connectivity index (χ3n) is 5.79.